The normalized spacial score (nSPS) is 12.2. The summed E-state index contributed by atoms with van der Waals surface area (Å²) >= 11 is 0. The maximum atomic E-state index is 5.80. The van der Waals surface area contributed by atoms with Crippen LogP contribution in [0.25, 0.3) is 0 Å². The first-order chi connectivity index (χ1) is 4.52. The van der Waals surface area contributed by atoms with Crippen LogP contribution < -0.4 is 5.73 Å². The topological polar surface area (TPSA) is 26.0 Å². The van der Waals surface area contributed by atoms with Crippen LogP contribution in [0.15, 0.2) is 11.6 Å². The van der Waals surface area contributed by atoms with Crippen molar-refractivity contribution < 1.29 is 0 Å². The second-order valence-corrected chi connectivity index (χ2v) is 3.54. The Bertz CT molecular complexity index is 115. The molecule has 0 amide bonds. The molecule has 0 fully saturated rings. The van der Waals surface area contributed by atoms with Gasteiger partial charge in [-0.05, 0) is 26.2 Å². The predicted octanol–water partition coefficient (Wildman–Crippen LogP) is 2.75. The van der Waals surface area contributed by atoms with E-state index >= 15 is 0 Å². The number of rotatable bonds is 3. The fraction of sp³-hybridized carbons (Fsp3) is 0.778. The molecule has 0 aliphatic rings. The predicted molar refractivity (Wildman–Crippen MR) is 54.1 cm³/mol. The van der Waals surface area contributed by atoms with Crippen molar-refractivity contribution in [3.63, 3.8) is 0 Å². The van der Waals surface area contributed by atoms with E-state index in [2.05, 4.69) is 33.8 Å². The quantitative estimate of drug-likeness (QED) is 0.660. The van der Waals surface area contributed by atoms with Crippen LogP contribution in [0.1, 0.15) is 34.1 Å². The second-order valence-electron chi connectivity index (χ2n) is 3.54. The largest absolute Gasteiger partial charge is 0.324 e. The average Bonchev–Trinajstić information content (AvgIpc) is 1.58. The van der Waals surface area contributed by atoms with Gasteiger partial charge in [-0.25, -0.2) is 0 Å². The van der Waals surface area contributed by atoms with Crippen LogP contribution in [-0.4, -0.2) is 6.04 Å². The Balaban J connectivity index is 0. The molecular weight excluding hydrogens is 158 g/mol. The van der Waals surface area contributed by atoms with Crippen LogP contribution in [0.3, 0.4) is 0 Å². The summed E-state index contributed by atoms with van der Waals surface area (Å²) in [6.45, 7) is 8.55. The smallest absolute Gasteiger partial charge is 0.0228 e. The van der Waals surface area contributed by atoms with Crippen molar-refractivity contribution >= 4 is 12.4 Å². The highest BCUT2D eigenvalue weighted by Gasteiger charge is 2.00. The highest BCUT2D eigenvalue weighted by Crippen LogP contribution is 2.04. The van der Waals surface area contributed by atoms with Gasteiger partial charge >= 0.3 is 0 Å². The van der Waals surface area contributed by atoms with E-state index in [9.17, 15) is 0 Å². The van der Waals surface area contributed by atoms with Crippen molar-refractivity contribution in [1.82, 2.24) is 0 Å². The van der Waals surface area contributed by atoms with Crippen LogP contribution in [0.5, 0.6) is 0 Å². The van der Waals surface area contributed by atoms with Crippen molar-refractivity contribution in [2.24, 2.45) is 11.7 Å². The van der Waals surface area contributed by atoms with Gasteiger partial charge in [0.05, 0.1) is 0 Å². The fourth-order valence-corrected chi connectivity index (χ4v) is 1.04. The Hall–Kier alpha value is -0.0100. The molecule has 0 radical (unpaired) electrons. The van der Waals surface area contributed by atoms with E-state index in [1.807, 2.05) is 0 Å². The molecule has 0 aliphatic carbocycles. The van der Waals surface area contributed by atoms with Gasteiger partial charge < -0.3 is 5.73 Å². The van der Waals surface area contributed by atoms with E-state index < -0.39 is 0 Å². The fourth-order valence-electron chi connectivity index (χ4n) is 1.04. The van der Waals surface area contributed by atoms with Crippen molar-refractivity contribution in [2.45, 2.75) is 40.2 Å². The molecule has 2 N–H and O–H groups in total. The lowest BCUT2D eigenvalue weighted by atomic mass is 10.0. The third-order valence-electron chi connectivity index (χ3n) is 1.29. The summed E-state index contributed by atoms with van der Waals surface area (Å²) in [7, 11) is 0. The molecule has 2 heteroatoms. The Morgan fingerprint density at radius 2 is 1.82 bits per heavy atom. The number of allylic oxidation sites excluding steroid dienone is 1. The van der Waals surface area contributed by atoms with Crippen molar-refractivity contribution in [3.05, 3.63) is 11.6 Å². The van der Waals surface area contributed by atoms with Crippen LogP contribution in [0, 0.1) is 5.92 Å². The lowest BCUT2D eigenvalue weighted by Gasteiger charge is -2.09. The lowest BCUT2D eigenvalue weighted by molar-refractivity contribution is 0.545. The molecule has 0 bridgehead atoms. The molecule has 68 valence electrons. The SMILES string of the molecule is CC(C)=CC(N)CC(C)C.Cl. The summed E-state index contributed by atoms with van der Waals surface area (Å²) in [5.41, 5.74) is 7.11. The van der Waals surface area contributed by atoms with Crippen LogP contribution in [0.2, 0.25) is 0 Å². The molecule has 0 aromatic rings. The number of hydrogen-bond donors (Lipinski definition) is 1. The Morgan fingerprint density at radius 1 is 1.36 bits per heavy atom. The second kappa shape index (κ2) is 6.68. The zero-order chi connectivity index (χ0) is 8.15. The first-order valence-corrected chi connectivity index (χ1v) is 3.93. The first kappa shape index (κ1) is 13.6. The van der Waals surface area contributed by atoms with Gasteiger partial charge in [-0.3, -0.25) is 0 Å². The van der Waals surface area contributed by atoms with Crippen LogP contribution >= 0.6 is 12.4 Å². The summed E-state index contributed by atoms with van der Waals surface area (Å²) in [4.78, 5) is 0. The zero-order valence-corrected chi connectivity index (χ0v) is 8.74. The van der Waals surface area contributed by atoms with Gasteiger partial charge in [0.15, 0.2) is 0 Å². The van der Waals surface area contributed by atoms with Gasteiger partial charge in [-0.1, -0.05) is 25.5 Å². The van der Waals surface area contributed by atoms with E-state index in [4.69, 9.17) is 5.73 Å². The molecule has 0 rings (SSSR count). The van der Waals surface area contributed by atoms with Crippen molar-refractivity contribution in [1.29, 1.82) is 0 Å². The van der Waals surface area contributed by atoms with Crippen molar-refractivity contribution in [2.75, 3.05) is 0 Å². The van der Waals surface area contributed by atoms with Crippen LogP contribution in [0.4, 0.5) is 0 Å². The summed E-state index contributed by atoms with van der Waals surface area (Å²) in [6.07, 6.45) is 3.21. The van der Waals surface area contributed by atoms with Gasteiger partial charge in [-0.15, -0.1) is 12.4 Å². The molecule has 0 spiro atoms. The minimum atomic E-state index is 0. The van der Waals surface area contributed by atoms with E-state index in [-0.39, 0.29) is 18.4 Å². The molecule has 0 aliphatic heterocycles. The molecule has 1 nitrogen and oxygen atoms in total. The monoisotopic (exact) mass is 177 g/mol. The van der Waals surface area contributed by atoms with E-state index in [1.54, 1.807) is 0 Å². The summed E-state index contributed by atoms with van der Waals surface area (Å²) < 4.78 is 0. The third-order valence-corrected chi connectivity index (χ3v) is 1.29. The Kier molecular flexibility index (Phi) is 8.25. The third kappa shape index (κ3) is 9.99. The van der Waals surface area contributed by atoms with E-state index in [0.29, 0.717) is 5.92 Å². The number of nitrogens with two attached hydrogens (primary N) is 1. The Morgan fingerprint density at radius 3 is 2.09 bits per heavy atom. The standard InChI is InChI=1S/C9H19N.ClH/c1-7(2)5-9(10)6-8(3)4;/h5,8-9H,6,10H2,1-4H3;1H. The molecule has 0 aromatic carbocycles. The van der Waals surface area contributed by atoms with Crippen LogP contribution in [-0.2, 0) is 0 Å². The molecule has 0 heterocycles. The average molecular weight is 178 g/mol. The van der Waals surface area contributed by atoms with E-state index in [0.717, 1.165) is 6.42 Å². The minimum absolute atomic E-state index is 0. The van der Waals surface area contributed by atoms with E-state index in [1.165, 1.54) is 5.57 Å². The zero-order valence-electron chi connectivity index (χ0n) is 7.92. The lowest BCUT2D eigenvalue weighted by Crippen LogP contribution is -2.19. The molecule has 11 heavy (non-hydrogen) atoms. The molecule has 0 aromatic heterocycles. The molecule has 0 saturated carbocycles. The molecule has 0 saturated heterocycles. The Labute approximate surface area is 76.5 Å². The summed E-state index contributed by atoms with van der Waals surface area (Å²) in [5.74, 6) is 0.700. The van der Waals surface area contributed by atoms with Gasteiger partial charge in [0, 0.05) is 6.04 Å². The maximum Gasteiger partial charge on any atom is 0.0228 e. The first-order valence-electron chi connectivity index (χ1n) is 3.93. The molecule has 1 atom stereocenters. The summed E-state index contributed by atoms with van der Waals surface area (Å²) in [6, 6.07) is 0.255. The minimum Gasteiger partial charge on any atom is -0.324 e. The summed E-state index contributed by atoms with van der Waals surface area (Å²) in [5, 5.41) is 0. The van der Waals surface area contributed by atoms with Gasteiger partial charge in [0.1, 0.15) is 0 Å². The number of halogens is 1. The maximum absolute atomic E-state index is 5.80. The van der Waals surface area contributed by atoms with Crippen molar-refractivity contribution in [3.8, 4) is 0 Å². The highest BCUT2D eigenvalue weighted by atomic mass is 35.5. The van der Waals surface area contributed by atoms with Gasteiger partial charge in [-0.2, -0.15) is 0 Å². The molecular formula is C9H20ClN. The number of hydrogen-bond acceptors (Lipinski definition) is 1. The van der Waals surface area contributed by atoms with Gasteiger partial charge in [0.2, 0.25) is 0 Å². The van der Waals surface area contributed by atoms with Gasteiger partial charge in [0.25, 0.3) is 0 Å². The highest BCUT2D eigenvalue weighted by molar-refractivity contribution is 5.85. The molecule has 1 unspecified atom stereocenters.